The van der Waals surface area contributed by atoms with Crippen molar-refractivity contribution in [1.29, 1.82) is 0 Å². The minimum absolute atomic E-state index is 0.00405. The molecule has 10 nitrogen and oxygen atoms in total. The highest BCUT2D eigenvalue weighted by atomic mass is 32.1. The van der Waals surface area contributed by atoms with Crippen LogP contribution in [0.2, 0.25) is 0 Å². The minimum Gasteiger partial charge on any atom is -0.494 e. The van der Waals surface area contributed by atoms with Crippen molar-refractivity contribution in [1.82, 2.24) is 9.72 Å². The van der Waals surface area contributed by atoms with Gasteiger partial charge < -0.3 is 10.1 Å². The van der Waals surface area contributed by atoms with Gasteiger partial charge in [-0.05, 0) is 30.5 Å². The third-order valence-electron chi connectivity index (χ3n) is 3.48. The van der Waals surface area contributed by atoms with Gasteiger partial charge in [-0.25, -0.2) is 9.36 Å². The second-order valence-corrected chi connectivity index (χ2v) is 6.20. The van der Waals surface area contributed by atoms with Gasteiger partial charge in [0.05, 0.1) is 22.5 Å². The standard InChI is InChI=1S/C16H14N4O6S/c1-2-25-10-5-6-11(12(8-10)20(23)24)17-14(21)9-19-15(18-26-16(19)22)13-4-3-7-27-13/h3-8H,2,9H2,1H3,(H,17,21). The summed E-state index contributed by atoms with van der Waals surface area (Å²) in [6.45, 7) is 1.70. The van der Waals surface area contributed by atoms with E-state index >= 15 is 0 Å². The van der Waals surface area contributed by atoms with Crippen LogP contribution in [-0.4, -0.2) is 27.2 Å². The Morgan fingerprint density at radius 3 is 2.93 bits per heavy atom. The number of hydrogen-bond donors (Lipinski definition) is 1. The molecule has 0 aliphatic carbocycles. The number of amides is 1. The van der Waals surface area contributed by atoms with Crippen LogP contribution >= 0.6 is 11.3 Å². The van der Waals surface area contributed by atoms with Crippen molar-refractivity contribution in [3.63, 3.8) is 0 Å². The summed E-state index contributed by atoms with van der Waals surface area (Å²) in [5.74, 6) is -0.899. The first kappa shape index (κ1) is 18.3. The van der Waals surface area contributed by atoms with Crippen LogP contribution in [0.1, 0.15) is 6.92 Å². The minimum atomic E-state index is -0.797. The molecule has 0 aliphatic heterocycles. The highest BCUT2D eigenvalue weighted by Gasteiger charge is 2.20. The Balaban J connectivity index is 1.82. The Labute approximate surface area is 156 Å². The van der Waals surface area contributed by atoms with Gasteiger partial charge in [-0.3, -0.25) is 19.4 Å². The molecule has 2 aromatic heterocycles. The fourth-order valence-electron chi connectivity index (χ4n) is 2.35. The molecule has 11 heteroatoms. The van der Waals surface area contributed by atoms with Crippen molar-refractivity contribution in [3.8, 4) is 16.5 Å². The van der Waals surface area contributed by atoms with Crippen molar-refractivity contribution < 1.29 is 19.0 Å². The molecule has 140 valence electrons. The first-order chi connectivity index (χ1) is 13.0. The van der Waals surface area contributed by atoms with Gasteiger partial charge in [-0.1, -0.05) is 11.2 Å². The third kappa shape index (κ3) is 4.03. The van der Waals surface area contributed by atoms with E-state index in [0.29, 0.717) is 17.2 Å². The third-order valence-corrected chi connectivity index (χ3v) is 4.35. The molecule has 0 atom stereocenters. The zero-order chi connectivity index (χ0) is 19.4. The quantitative estimate of drug-likeness (QED) is 0.484. The maximum absolute atomic E-state index is 12.3. The van der Waals surface area contributed by atoms with Crippen LogP contribution in [0.4, 0.5) is 11.4 Å². The summed E-state index contributed by atoms with van der Waals surface area (Å²) in [6.07, 6.45) is 0. The van der Waals surface area contributed by atoms with E-state index in [4.69, 9.17) is 4.74 Å². The highest BCUT2D eigenvalue weighted by Crippen LogP contribution is 2.29. The van der Waals surface area contributed by atoms with Crippen LogP contribution in [0.15, 0.2) is 45.0 Å². The molecule has 0 bridgehead atoms. The van der Waals surface area contributed by atoms with Crippen LogP contribution in [0.5, 0.6) is 5.75 Å². The van der Waals surface area contributed by atoms with Crippen molar-refractivity contribution in [2.75, 3.05) is 11.9 Å². The van der Waals surface area contributed by atoms with E-state index < -0.39 is 23.1 Å². The summed E-state index contributed by atoms with van der Waals surface area (Å²) >= 11 is 1.33. The maximum Gasteiger partial charge on any atom is 0.442 e. The van der Waals surface area contributed by atoms with Gasteiger partial charge in [0.1, 0.15) is 18.0 Å². The second kappa shape index (κ2) is 7.83. The number of aromatic nitrogens is 2. The zero-order valence-electron chi connectivity index (χ0n) is 14.1. The lowest BCUT2D eigenvalue weighted by molar-refractivity contribution is -0.384. The zero-order valence-corrected chi connectivity index (χ0v) is 14.9. The van der Waals surface area contributed by atoms with Crippen molar-refractivity contribution >= 4 is 28.6 Å². The number of nitro groups is 1. The summed E-state index contributed by atoms with van der Waals surface area (Å²) in [4.78, 5) is 35.5. The molecule has 1 amide bonds. The topological polar surface area (TPSA) is 130 Å². The fraction of sp³-hybridized carbons (Fsp3) is 0.188. The van der Waals surface area contributed by atoms with E-state index in [0.717, 1.165) is 4.57 Å². The predicted molar refractivity (Wildman–Crippen MR) is 97.0 cm³/mol. The molecule has 1 N–H and O–H groups in total. The van der Waals surface area contributed by atoms with E-state index in [-0.39, 0.29) is 17.2 Å². The maximum atomic E-state index is 12.3. The highest BCUT2D eigenvalue weighted by molar-refractivity contribution is 7.13. The van der Waals surface area contributed by atoms with Gasteiger partial charge in [-0.15, -0.1) is 11.3 Å². The molecule has 1 aromatic carbocycles. The van der Waals surface area contributed by atoms with Crippen LogP contribution in [0, 0.1) is 10.1 Å². The van der Waals surface area contributed by atoms with E-state index in [1.54, 1.807) is 24.4 Å². The van der Waals surface area contributed by atoms with Crippen LogP contribution in [0.3, 0.4) is 0 Å². The van der Waals surface area contributed by atoms with Crippen LogP contribution < -0.4 is 15.8 Å². The normalized spacial score (nSPS) is 10.6. The number of nitrogens with zero attached hydrogens (tertiary/aromatic N) is 3. The number of nitrogens with one attached hydrogen (secondary N) is 1. The largest absolute Gasteiger partial charge is 0.494 e. The molecular weight excluding hydrogens is 376 g/mol. The number of ether oxygens (including phenoxy) is 1. The smallest absolute Gasteiger partial charge is 0.442 e. The van der Waals surface area contributed by atoms with Gasteiger partial charge >= 0.3 is 5.76 Å². The van der Waals surface area contributed by atoms with Crippen molar-refractivity contribution in [2.45, 2.75) is 13.5 Å². The van der Waals surface area contributed by atoms with E-state index in [9.17, 15) is 19.7 Å². The molecule has 3 rings (SSSR count). The molecule has 0 saturated heterocycles. The molecule has 0 saturated carbocycles. The first-order valence-corrected chi connectivity index (χ1v) is 8.69. The molecule has 2 heterocycles. The Bertz CT molecular complexity index is 1020. The van der Waals surface area contributed by atoms with Gasteiger partial charge in [0.2, 0.25) is 5.91 Å². The fourth-order valence-corrected chi connectivity index (χ4v) is 3.06. The summed E-state index contributed by atoms with van der Waals surface area (Å²) in [7, 11) is 0. The number of benzene rings is 1. The van der Waals surface area contributed by atoms with Gasteiger partial charge in [0.15, 0.2) is 5.82 Å². The lowest BCUT2D eigenvalue weighted by Crippen LogP contribution is -2.25. The molecule has 0 unspecified atom stereocenters. The van der Waals surface area contributed by atoms with Crippen molar-refractivity contribution in [3.05, 3.63) is 56.4 Å². The second-order valence-electron chi connectivity index (χ2n) is 5.25. The first-order valence-electron chi connectivity index (χ1n) is 7.81. The summed E-state index contributed by atoms with van der Waals surface area (Å²) < 4.78 is 10.9. The lowest BCUT2D eigenvalue weighted by Gasteiger charge is -2.09. The van der Waals surface area contributed by atoms with Gasteiger partial charge in [0, 0.05) is 0 Å². The number of thiophene rings is 1. The molecular formula is C16H14N4O6S. The number of carbonyl (C=O) groups excluding carboxylic acids is 1. The summed E-state index contributed by atoms with van der Waals surface area (Å²) in [5.41, 5.74) is -0.318. The van der Waals surface area contributed by atoms with Crippen LogP contribution in [-0.2, 0) is 11.3 Å². The van der Waals surface area contributed by atoms with Crippen LogP contribution in [0.25, 0.3) is 10.7 Å². The Kier molecular flexibility index (Phi) is 5.31. The molecule has 27 heavy (non-hydrogen) atoms. The van der Waals surface area contributed by atoms with Gasteiger partial charge in [-0.2, -0.15) is 0 Å². The molecule has 3 aromatic rings. The number of hydrogen-bond acceptors (Lipinski definition) is 8. The average molecular weight is 390 g/mol. The summed E-state index contributed by atoms with van der Waals surface area (Å²) in [5, 5.41) is 19.2. The average Bonchev–Trinajstić information content (AvgIpc) is 3.27. The number of rotatable bonds is 7. The molecule has 0 spiro atoms. The van der Waals surface area contributed by atoms with E-state index in [1.165, 1.54) is 29.5 Å². The summed E-state index contributed by atoms with van der Waals surface area (Å²) in [6, 6.07) is 7.61. The Morgan fingerprint density at radius 1 is 1.44 bits per heavy atom. The van der Waals surface area contributed by atoms with Gasteiger partial charge in [0.25, 0.3) is 5.69 Å². The number of carbonyl (C=O) groups is 1. The predicted octanol–water partition coefficient (Wildman–Crippen LogP) is 2.51. The molecule has 0 fully saturated rings. The monoisotopic (exact) mass is 390 g/mol. The lowest BCUT2D eigenvalue weighted by atomic mass is 10.2. The SMILES string of the molecule is CCOc1ccc(NC(=O)Cn2c(-c3cccs3)noc2=O)c([N+](=O)[O-])c1. The Morgan fingerprint density at radius 2 is 2.26 bits per heavy atom. The van der Waals surface area contributed by atoms with E-state index in [1.807, 2.05) is 0 Å². The van der Waals surface area contributed by atoms with Crippen molar-refractivity contribution in [2.24, 2.45) is 0 Å². The number of anilines is 1. The molecule has 0 aliphatic rings. The number of nitro benzene ring substituents is 1. The Hall–Kier alpha value is -3.47. The molecule has 0 radical (unpaired) electrons. The van der Waals surface area contributed by atoms with E-state index in [2.05, 4.69) is 15.0 Å².